The van der Waals surface area contributed by atoms with Gasteiger partial charge in [-0.05, 0) is 53.4 Å². The van der Waals surface area contributed by atoms with Crippen LogP contribution in [0.3, 0.4) is 0 Å². The molecule has 0 amide bonds. The Balaban J connectivity index is 1.75. The molecular formula is C15H18Br2O2. The molecule has 2 fully saturated rings. The van der Waals surface area contributed by atoms with Crippen molar-refractivity contribution in [2.45, 2.75) is 43.0 Å². The summed E-state index contributed by atoms with van der Waals surface area (Å²) >= 11 is 7.39. The third-order valence-electron chi connectivity index (χ3n) is 4.63. The van der Waals surface area contributed by atoms with Crippen LogP contribution in [-0.4, -0.2) is 18.0 Å². The molecule has 0 heterocycles. The molecule has 1 spiro atoms. The van der Waals surface area contributed by atoms with Gasteiger partial charge >= 0.3 is 0 Å². The highest BCUT2D eigenvalue weighted by Gasteiger charge is 2.56. The lowest BCUT2D eigenvalue weighted by Gasteiger charge is -2.51. The van der Waals surface area contributed by atoms with Crippen LogP contribution in [0, 0.1) is 5.41 Å². The number of rotatable bonds is 3. The topological polar surface area (TPSA) is 18.5 Å². The molecule has 2 nitrogen and oxygen atoms in total. The second-order valence-corrected chi connectivity index (χ2v) is 7.51. The lowest BCUT2D eigenvalue weighted by Crippen LogP contribution is -2.55. The first-order chi connectivity index (χ1) is 9.15. The van der Waals surface area contributed by atoms with E-state index < -0.39 is 0 Å². The van der Waals surface area contributed by atoms with E-state index in [1.165, 1.54) is 25.7 Å². The van der Waals surface area contributed by atoms with Gasteiger partial charge in [-0.15, -0.1) is 0 Å². The van der Waals surface area contributed by atoms with E-state index in [1.807, 2.05) is 18.2 Å². The zero-order chi connectivity index (χ0) is 13.5. The maximum absolute atomic E-state index is 6.26. The van der Waals surface area contributed by atoms with Gasteiger partial charge in [0.15, 0.2) is 0 Å². The molecule has 2 unspecified atom stereocenters. The molecule has 4 heteroatoms. The molecular weight excluding hydrogens is 372 g/mol. The standard InChI is InChI=1S/C15H18Br2O2/c1-18-10-4-5-12(11(16)8-10)19-14-9-13(17)15(14)6-2-3-7-15/h4-5,8,13-14H,2-3,6-7,9H2,1H3. The van der Waals surface area contributed by atoms with E-state index >= 15 is 0 Å². The van der Waals surface area contributed by atoms with Crippen molar-refractivity contribution in [3.05, 3.63) is 22.7 Å². The summed E-state index contributed by atoms with van der Waals surface area (Å²) < 4.78 is 12.4. The second-order valence-electron chi connectivity index (χ2n) is 5.55. The summed E-state index contributed by atoms with van der Waals surface area (Å²) in [6, 6.07) is 5.90. The van der Waals surface area contributed by atoms with Crippen LogP contribution in [0.1, 0.15) is 32.1 Å². The van der Waals surface area contributed by atoms with Crippen LogP contribution in [0.4, 0.5) is 0 Å². The number of hydrogen-bond donors (Lipinski definition) is 0. The Labute approximate surface area is 131 Å². The van der Waals surface area contributed by atoms with Crippen LogP contribution in [0.25, 0.3) is 0 Å². The number of hydrogen-bond acceptors (Lipinski definition) is 2. The molecule has 2 atom stereocenters. The number of methoxy groups -OCH3 is 1. The van der Waals surface area contributed by atoms with Crippen LogP contribution in [0.5, 0.6) is 11.5 Å². The Morgan fingerprint density at radius 3 is 2.58 bits per heavy atom. The van der Waals surface area contributed by atoms with Crippen molar-refractivity contribution in [1.29, 1.82) is 0 Å². The summed E-state index contributed by atoms with van der Waals surface area (Å²) in [5.41, 5.74) is 0.374. The van der Waals surface area contributed by atoms with E-state index in [2.05, 4.69) is 31.9 Å². The van der Waals surface area contributed by atoms with Crippen molar-refractivity contribution in [3.8, 4) is 11.5 Å². The first kappa shape index (κ1) is 13.7. The molecule has 0 radical (unpaired) electrons. The van der Waals surface area contributed by atoms with Gasteiger partial charge in [-0.1, -0.05) is 28.8 Å². The summed E-state index contributed by atoms with van der Waals surface area (Å²) in [6.07, 6.45) is 6.72. The average molecular weight is 390 g/mol. The Hall–Kier alpha value is -0.220. The average Bonchev–Trinajstić information content (AvgIpc) is 2.92. The molecule has 0 aliphatic heterocycles. The minimum Gasteiger partial charge on any atom is -0.497 e. The molecule has 19 heavy (non-hydrogen) atoms. The fourth-order valence-corrected chi connectivity index (χ4v) is 4.93. The zero-order valence-electron chi connectivity index (χ0n) is 11.0. The van der Waals surface area contributed by atoms with Crippen molar-refractivity contribution in [3.63, 3.8) is 0 Å². The van der Waals surface area contributed by atoms with Gasteiger partial charge < -0.3 is 9.47 Å². The molecule has 104 valence electrons. The van der Waals surface area contributed by atoms with Crippen molar-refractivity contribution >= 4 is 31.9 Å². The highest BCUT2D eigenvalue weighted by atomic mass is 79.9. The molecule has 2 saturated carbocycles. The summed E-state index contributed by atoms with van der Waals surface area (Å²) in [4.78, 5) is 0.629. The fraction of sp³-hybridized carbons (Fsp3) is 0.600. The largest absolute Gasteiger partial charge is 0.497 e. The number of benzene rings is 1. The maximum Gasteiger partial charge on any atom is 0.134 e. The van der Waals surface area contributed by atoms with Gasteiger partial charge in [-0.2, -0.15) is 0 Å². The van der Waals surface area contributed by atoms with Gasteiger partial charge in [-0.25, -0.2) is 0 Å². The smallest absolute Gasteiger partial charge is 0.134 e. The fourth-order valence-electron chi connectivity index (χ4n) is 3.39. The molecule has 2 aliphatic carbocycles. The Morgan fingerprint density at radius 1 is 1.26 bits per heavy atom. The van der Waals surface area contributed by atoms with Gasteiger partial charge in [0.2, 0.25) is 0 Å². The molecule has 1 aromatic rings. The summed E-state index contributed by atoms with van der Waals surface area (Å²) in [6.45, 7) is 0. The Morgan fingerprint density at radius 2 is 2.00 bits per heavy atom. The molecule has 0 aromatic heterocycles. The quantitative estimate of drug-likeness (QED) is 0.682. The van der Waals surface area contributed by atoms with E-state index in [0.717, 1.165) is 22.4 Å². The second kappa shape index (κ2) is 5.28. The monoisotopic (exact) mass is 388 g/mol. The third kappa shape index (κ3) is 2.31. The van der Waals surface area contributed by atoms with Crippen molar-refractivity contribution in [2.24, 2.45) is 5.41 Å². The molecule has 2 aliphatic rings. The Kier molecular flexibility index (Phi) is 3.82. The number of alkyl halides is 1. The van der Waals surface area contributed by atoms with Crippen LogP contribution >= 0.6 is 31.9 Å². The highest BCUT2D eigenvalue weighted by Crippen LogP contribution is 2.58. The first-order valence-corrected chi connectivity index (χ1v) is 8.51. The van der Waals surface area contributed by atoms with Crippen LogP contribution in [0.2, 0.25) is 0 Å². The van der Waals surface area contributed by atoms with Crippen molar-refractivity contribution in [1.82, 2.24) is 0 Å². The van der Waals surface area contributed by atoms with Gasteiger partial charge in [0.1, 0.15) is 17.6 Å². The van der Waals surface area contributed by atoms with Crippen LogP contribution < -0.4 is 9.47 Å². The molecule has 0 bridgehead atoms. The van der Waals surface area contributed by atoms with E-state index in [1.54, 1.807) is 7.11 Å². The maximum atomic E-state index is 6.26. The summed E-state index contributed by atoms with van der Waals surface area (Å²) in [5.74, 6) is 1.78. The third-order valence-corrected chi connectivity index (χ3v) is 6.53. The molecule has 0 N–H and O–H groups in total. The van der Waals surface area contributed by atoms with E-state index in [-0.39, 0.29) is 0 Å². The van der Waals surface area contributed by atoms with E-state index in [4.69, 9.17) is 9.47 Å². The SMILES string of the molecule is COc1ccc(OC2CC(Br)C23CCCC3)c(Br)c1. The van der Waals surface area contributed by atoms with Gasteiger partial charge in [0.05, 0.1) is 11.6 Å². The summed E-state index contributed by atoms with van der Waals surface area (Å²) in [5, 5.41) is 0. The van der Waals surface area contributed by atoms with Crippen LogP contribution in [-0.2, 0) is 0 Å². The minimum absolute atomic E-state index is 0.351. The van der Waals surface area contributed by atoms with Crippen molar-refractivity contribution < 1.29 is 9.47 Å². The van der Waals surface area contributed by atoms with Crippen molar-refractivity contribution in [2.75, 3.05) is 7.11 Å². The molecule has 0 saturated heterocycles. The number of halogens is 2. The number of ether oxygens (including phenoxy) is 2. The lowest BCUT2D eigenvalue weighted by atomic mass is 9.64. The van der Waals surface area contributed by atoms with Crippen LogP contribution in [0.15, 0.2) is 22.7 Å². The summed E-state index contributed by atoms with van der Waals surface area (Å²) in [7, 11) is 1.68. The predicted molar refractivity (Wildman–Crippen MR) is 83.3 cm³/mol. The normalized spacial score (nSPS) is 28.2. The van der Waals surface area contributed by atoms with Gasteiger partial charge in [0, 0.05) is 10.2 Å². The Bertz CT molecular complexity index is 469. The first-order valence-electron chi connectivity index (χ1n) is 6.80. The highest BCUT2D eigenvalue weighted by molar-refractivity contribution is 9.10. The van der Waals surface area contributed by atoms with E-state index in [0.29, 0.717) is 16.3 Å². The van der Waals surface area contributed by atoms with Gasteiger partial charge in [-0.3, -0.25) is 0 Å². The molecule has 3 rings (SSSR count). The zero-order valence-corrected chi connectivity index (χ0v) is 14.2. The van der Waals surface area contributed by atoms with Gasteiger partial charge in [0.25, 0.3) is 0 Å². The predicted octanol–water partition coefficient (Wildman–Crippen LogP) is 4.93. The minimum atomic E-state index is 0.351. The molecule has 1 aromatic carbocycles. The lowest BCUT2D eigenvalue weighted by molar-refractivity contribution is -0.0308. The van der Waals surface area contributed by atoms with E-state index in [9.17, 15) is 0 Å².